The number of ether oxygens (including phenoxy) is 2. The third kappa shape index (κ3) is 5.76. The highest BCUT2D eigenvalue weighted by atomic mass is 127. The normalized spacial score (nSPS) is 10.5. The molecule has 0 amide bonds. The van der Waals surface area contributed by atoms with E-state index in [1.165, 1.54) is 12.1 Å². The number of aliphatic imine (C=N–C) groups is 1. The maximum absolute atomic E-state index is 10.7. The van der Waals surface area contributed by atoms with Gasteiger partial charge in [0.05, 0.1) is 19.1 Å². The van der Waals surface area contributed by atoms with Gasteiger partial charge in [0.2, 0.25) is 0 Å². The van der Waals surface area contributed by atoms with E-state index in [1.54, 1.807) is 45.5 Å². The van der Waals surface area contributed by atoms with Crippen LogP contribution >= 0.6 is 24.0 Å². The average molecular weight is 472 g/mol. The standard InChI is InChI=1S/C17H20N4O4.HI/c1-18-17(19-11-12-4-7-14(8-5-12)21(22)23)20-13-6-9-15(24-2)16(10-13)25-3;/h4-10H,11H2,1-3H3,(H2,18,19,20);1H. The van der Waals surface area contributed by atoms with E-state index in [1.807, 2.05) is 6.07 Å². The molecule has 0 aromatic heterocycles. The summed E-state index contributed by atoms with van der Waals surface area (Å²) in [5, 5.41) is 17.0. The van der Waals surface area contributed by atoms with Crippen molar-refractivity contribution in [1.82, 2.24) is 5.32 Å². The number of nitro groups is 1. The lowest BCUT2D eigenvalue weighted by atomic mass is 10.2. The number of nitrogens with one attached hydrogen (secondary N) is 2. The summed E-state index contributed by atoms with van der Waals surface area (Å²) in [4.78, 5) is 14.4. The van der Waals surface area contributed by atoms with Gasteiger partial charge in [0, 0.05) is 37.5 Å². The van der Waals surface area contributed by atoms with Crippen LogP contribution in [0.5, 0.6) is 11.5 Å². The van der Waals surface area contributed by atoms with Crippen LogP contribution < -0.4 is 20.1 Å². The molecular formula is C17H21IN4O4. The Balaban J connectivity index is 0.00000338. The Hall–Kier alpha value is -2.56. The van der Waals surface area contributed by atoms with Crippen molar-refractivity contribution in [3.05, 3.63) is 58.1 Å². The molecule has 8 nitrogen and oxygen atoms in total. The van der Waals surface area contributed by atoms with Crippen LogP contribution in [0.2, 0.25) is 0 Å². The zero-order valence-corrected chi connectivity index (χ0v) is 17.0. The van der Waals surface area contributed by atoms with Crippen LogP contribution in [0.4, 0.5) is 11.4 Å². The van der Waals surface area contributed by atoms with Gasteiger partial charge in [0.1, 0.15) is 0 Å². The molecule has 0 unspecified atom stereocenters. The molecular weight excluding hydrogens is 451 g/mol. The Bertz CT molecular complexity index is 766. The van der Waals surface area contributed by atoms with Gasteiger partial charge in [-0.2, -0.15) is 0 Å². The molecule has 26 heavy (non-hydrogen) atoms. The number of hydrogen-bond donors (Lipinski definition) is 2. The van der Waals surface area contributed by atoms with Crippen molar-refractivity contribution >= 4 is 41.3 Å². The SMILES string of the molecule is CN=C(NCc1ccc([N+](=O)[O-])cc1)Nc1ccc(OC)c(OC)c1.I. The van der Waals surface area contributed by atoms with Gasteiger partial charge in [-0.3, -0.25) is 15.1 Å². The molecule has 0 bridgehead atoms. The fraction of sp³-hybridized carbons (Fsp3) is 0.235. The Morgan fingerprint density at radius 1 is 1.12 bits per heavy atom. The van der Waals surface area contributed by atoms with Crippen molar-refractivity contribution < 1.29 is 14.4 Å². The van der Waals surface area contributed by atoms with Gasteiger partial charge >= 0.3 is 0 Å². The van der Waals surface area contributed by atoms with Crippen molar-refractivity contribution in [3.8, 4) is 11.5 Å². The summed E-state index contributed by atoms with van der Waals surface area (Å²) in [6.45, 7) is 0.477. The van der Waals surface area contributed by atoms with Crippen molar-refractivity contribution in [2.45, 2.75) is 6.54 Å². The van der Waals surface area contributed by atoms with E-state index in [-0.39, 0.29) is 29.7 Å². The second kappa shape index (κ2) is 10.4. The number of anilines is 1. The van der Waals surface area contributed by atoms with Crippen LogP contribution in [0, 0.1) is 10.1 Å². The lowest BCUT2D eigenvalue weighted by Gasteiger charge is -2.14. The number of guanidine groups is 1. The molecule has 0 radical (unpaired) electrons. The molecule has 2 aromatic rings. The van der Waals surface area contributed by atoms with E-state index in [9.17, 15) is 10.1 Å². The highest BCUT2D eigenvalue weighted by Gasteiger charge is 2.07. The molecule has 0 aliphatic carbocycles. The topological polar surface area (TPSA) is 98.0 Å². The van der Waals surface area contributed by atoms with Gasteiger partial charge in [-0.15, -0.1) is 24.0 Å². The van der Waals surface area contributed by atoms with Gasteiger partial charge < -0.3 is 20.1 Å². The van der Waals surface area contributed by atoms with Gasteiger partial charge in [-0.25, -0.2) is 0 Å². The molecule has 2 rings (SSSR count). The molecule has 0 fully saturated rings. The largest absolute Gasteiger partial charge is 0.493 e. The molecule has 2 aromatic carbocycles. The summed E-state index contributed by atoms with van der Waals surface area (Å²) in [5.41, 5.74) is 1.76. The first-order valence-corrected chi connectivity index (χ1v) is 7.50. The third-order valence-electron chi connectivity index (χ3n) is 3.48. The molecule has 0 saturated carbocycles. The lowest BCUT2D eigenvalue weighted by molar-refractivity contribution is -0.384. The maximum Gasteiger partial charge on any atom is 0.269 e. The minimum Gasteiger partial charge on any atom is -0.493 e. The number of rotatable bonds is 6. The first kappa shape index (κ1) is 21.5. The number of benzene rings is 2. The minimum atomic E-state index is -0.422. The summed E-state index contributed by atoms with van der Waals surface area (Å²) < 4.78 is 10.5. The van der Waals surface area contributed by atoms with E-state index >= 15 is 0 Å². The van der Waals surface area contributed by atoms with E-state index in [4.69, 9.17) is 9.47 Å². The molecule has 2 N–H and O–H groups in total. The fourth-order valence-corrected chi connectivity index (χ4v) is 2.15. The summed E-state index contributed by atoms with van der Waals surface area (Å²) in [6.07, 6.45) is 0. The van der Waals surface area contributed by atoms with E-state index in [0.29, 0.717) is 24.0 Å². The number of methoxy groups -OCH3 is 2. The molecule has 9 heteroatoms. The number of nitro benzene ring substituents is 1. The molecule has 0 heterocycles. The van der Waals surface area contributed by atoms with Gasteiger partial charge in [0.15, 0.2) is 17.5 Å². The van der Waals surface area contributed by atoms with Crippen molar-refractivity contribution in [2.24, 2.45) is 4.99 Å². The monoisotopic (exact) mass is 472 g/mol. The molecule has 140 valence electrons. The van der Waals surface area contributed by atoms with Crippen LogP contribution in [-0.4, -0.2) is 32.2 Å². The van der Waals surface area contributed by atoms with E-state index < -0.39 is 4.92 Å². The Kier molecular flexibility index (Phi) is 8.62. The summed E-state index contributed by atoms with van der Waals surface area (Å²) in [5.74, 6) is 1.81. The zero-order valence-electron chi connectivity index (χ0n) is 14.7. The van der Waals surface area contributed by atoms with Crippen LogP contribution in [0.1, 0.15) is 5.56 Å². The first-order chi connectivity index (χ1) is 12.1. The number of nitrogens with zero attached hydrogens (tertiary/aromatic N) is 2. The van der Waals surface area contributed by atoms with Gasteiger partial charge in [-0.1, -0.05) is 12.1 Å². The predicted octanol–water partition coefficient (Wildman–Crippen LogP) is 3.42. The Labute approximate surface area is 168 Å². The Morgan fingerprint density at radius 3 is 2.31 bits per heavy atom. The van der Waals surface area contributed by atoms with Gasteiger partial charge in [-0.05, 0) is 17.7 Å². The lowest BCUT2D eigenvalue weighted by Crippen LogP contribution is -2.30. The highest BCUT2D eigenvalue weighted by Crippen LogP contribution is 2.29. The molecule has 0 spiro atoms. The van der Waals surface area contributed by atoms with E-state index in [0.717, 1.165) is 11.3 Å². The van der Waals surface area contributed by atoms with Crippen molar-refractivity contribution in [2.75, 3.05) is 26.6 Å². The van der Waals surface area contributed by atoms with Crippen molar-refractivity contribution in [1.29, 1.82) is 0 Å². The molecule has 0 aliphatic heterocycles. The van der Waals surface area contributed by atoms with Crippen LogP contribution in [0.3, 0.4) is 0 Å². The first-order valence-electron chi connectivity index (χ1n) is 7.50. The number of halogens is 1. The summed E-state index contributed by atoms with van der Waals surface area (Å²) in [7, 11) is 4.81. The molecule has 0 aliphatic rings. The van der Waals surface area contributed by atoms with Crippen molar-refractivity contribution in [3.63, 3.8) is 0 Å². The zero-order chi connectivity index (χ0) is 18.2. The highest BCUT2D eigenvalue weighted by molar-refractivity contribution is 14.0. The quantitative estimate of drug-likeness (QED) is 0.220. The van der Waals surface area contributed by atoms with Crippen LogP contribution in [-0.2, 0) is 6.54 Å². The third-order valence-corrected chi connectivity index (χ3v) is 3.48. The second-order valence-electron chi connectivity index (χ2n) is 5.04. The predicted molar refractivity (Wildman–Crippen MR) is 112 cm³/mol. The smallest absolute Gasteiger partial charge is 0.269 e. The second-order valence-corrected chi connectivity index (χ2v) is 5.04. The molecule has 0 atom stereocenters. The van der Waals surface area contributed by atoms with Crippen LogP contribution in [0.25, 0.3) is 0 Å². The maximum atomic E-state index is 10.7. The Morgan fingerprint density at radius 2 is 1.77 bits per heavy atom. The minimum absolute atomic E-state index is 0. The number of hydrogen-bond acceptors (Lipinski definition) is 5. The fourth-order valence-electron chi connectivity index (χ4n) is 2.15. The summed E-state index contributed by atoms with van der Waals surface area (Å²) >= 11 is 0. The van der Waals surface area contributed by atoms with Gasteiger partial charge in [0.25, 0.3) is 5.69 Å². The summed E-state index contributed by atoms with van der Waals surface area (Å²) in [6, 6.07) is 11.8. The number of non-ortho nitro benzene ring substituents is 1. The molecule has 0 saturated heterocycles. The average Bonchev–Trinajstić information content (AvgIpc) is 2.65. The van der Waals surface area contributed by atoms with E-state index in [2.05, 4.69) is 15.6 Å². The van der Waals surface area contributed by atoms with Crippen LogP contribution in [0.15, 0.2) is 47.5 Å².